The molecule has 0 bridgehead atoms. The molecule has 0 atom stereocenters. The number of rotatable bonds is 4. The molecule has 3 rings (SSSR count). The van der Waals surface area contributed by atoms with Crippen molar-refractivity contribution >= 4 is 6.29 Å². The number of carbonyl (C=O) groups excluding carboxylic acids is 1. The number of aldehydes is 1. The lowest BCUT2D eigenvalue weighted by Gasteiger charge is -2.10. The van der Waals surface area contributed by atoms with E-state index in [-0.39, 0.29) is 0 Å². The molecule has 2 nitrogen and oxygen atoms in total. The van der Waals surface area contributed by atoms with Crippen molar-refractivity contribution in [3.8, 4) is 16.9 Å². The zero-order valence-electron chi connectivity index (χ0n) is 10.4. The van der Waals surface area contributed by atoms with Crippen LogP contribution in [0.3, 0.4) is 0 Å². The first-order valence-electron chi connectivity index (χ1n) is 6.12. The van der Waals surface area contributed by atoms with Crippen molar-refractivity contribution in [3.05, 3.63) is 54.1 Å². The summed E-state index contributed by atoms with van der Waals surface area (Å²) in [6, 6.07) is 15.7. The Kier molecular flexibility index (Phi) is 4.13. The highest BCUT2D eigenvalue weighted by molar-refractivity contribution is 5.79. The highest BCUT2D eigenvalue weighted by Crippen LogP contribution is 2.29. The summed E-state index contributed by atoms with van der Waals surface area (Å²) >= 11 is 0. The Hall–Kier alpha value is -2.09. The van der Waals surface area contributed by atoms with E-state index >= 15 is 0 Å². The summed E-state index contributed by atoms with van der Waals surface area (Å²) in [5.41, 5.74) is 3.47. The molecular formula is C16H16O2. The van der Waals surface area contributed by atoms with Gasteiger partial charge >= 0.3 is 0 Å². The molecule has 1 aromatic carbocycles. The maximum absolute atomic E-state index is 10.5. The van der Waals surface area contributed by atoms with E-state index in [0.29, 0.717) is 17.9 Å². The number of para-hydroxylation sites is 1. The van der Waals surface area contributed by atoms with Crippen LogP contribution in [0.15, 0.2) is 48.5 Å². The summed E-state index contributed by atoms with van der Waals surface area (Å²) in [5, 5.41) is 0. The van der Waals surface area contributed by atoms with Crippen molar-refractivity contribution in [2.24, 2.45) is 0 Å². The minimum Gasteiger partial charge on any atom is -0.493 e. The molecule has 2 heteroatoms. The lowest BCUT2D eigenvalue weighted by atomic mass is 9.95. The van der Waals surface area contributed by atoms with Gasteiger partial charge in [0.25, 0.3) is 0 Å². The highest BCUT2D eigenvalue weighted by atomic mass is 16.5. The Morgan fingerprint density at radius 2 is 1.61 bits per heavy atom. The van der Waals surface area contributed by atoms with E-state index in [9.17, 15) is 4.79 Å². The van der Waals surface area contributed by atoms with Gasteiger partial charge < -0.3 is 4.74 Å². The van der Waals surface area contributed by atoms with Crippen LogP contribution in [0, 0.1) is 0 Å². The van der Waals surface area contributed by atoms with Gasteiger partial charge in [0.1, 0.15) is 5.75 Å². The van der Waals surface area contributed by atoms with Crippen molar-refractivity contribution in [3.63, 3.8) is 0 Å². The fourth-order valence-electron chi connectivity index (χ4n) is 1.58. The smallest absolute Gasteiger partial charge is 0.153 e. The van der Waals surface area contributed by atoms with Crippen LogP contribution in [-0.2, 0) is 0 Å². The second-order valence-corrected chi connectivity index (χ2v) is 4.08. The van der Waals surface area contributed by atoms with E-state index in [4.69, 9.17) is 4.74 Å². The minimum absolute atomic E-state index is 0.617. The zero-order chi connectivity index (χ0) is 12.8. The predicted molar refractivity (Wildman–Crippen MR) is 73.1 cm³/mol. The molecule has 2 aliphatic carbocycles. The molecule has 0 N–H and O–H groups in total. The van der Waals surface area contributed by atoms with E-state index in [1.807, 2.05) is 19.1 Å². The van der Waals surface area contributed by atoms with Gasteiger partial charge in [0.15, 0.2) is 6.29 Å². The Balaban J connectivity index is 0.000000164. The average Bonchev–Trinajstić information content (AvgIpc) is 2.41. The van der Waals surface area contributed by atoms with E-state index in [0.717, 1.165) is 12.7 Å². The fraction of sp³-hybridized carbons (Fsp3) is 0.188. The second-order valence-electron chi connectivity index (χ2n) is 4.08. The molecule has 0 unspecified atom stereocenters. The van der Waals surface area contributed by atoms with Gasteiger partial charge in [-0.15, -0.1) is 0 Å². The zero-order valence-corrected chi connectivity index (χ0v) is 10.4. The van der Waals surface area contributed by atoms with Crippen molar-refractivity contribution in [1.29, 1.82) is 0 Å². The third-order valence-corrected chi connectivity index (χ3v) is 2.73. The summed E-state index contributed by atoms with van der Waals surface area (Å²) in [6.07, 6.45) is 1.76. The van der Waals surface area contributed by atoms with Crippen LogP contribution in [0.4, 0.5) is 0 Å². The molecule has 0 amide bonds. The number of ether oxygens (including phenoxy) is 1. The molecule has 0 aromatic heterocycles. The molecule has 0 radical (unpaired) electrons. The van der Waals surface area contributed by atoms with E-state index < -0.39 is 0 Å². The van der Waals surface area contributed by atoms with Gasteiger partial charge in [-0.05, 0) is 29.7 Å². The third kappa shape index (κ3) is 2.77. The highest BCUT2D eigenvalue weighted by Gasteiger charge is 2.04. The monoisotopic (exact) mass is 240 g/mol. The van der Waals surface area contributed by atoms with E-state index in [1.54, 1.807) is 12.1 Å². The molecule has 0 saturated carbocycles. The SMILES string of the molecule is CCCOc1ccccc1C=O.c1cc2ccc1-2. The lowest BCUT2D eigenvalue weighted by Crippen LogP contribution is -1.97. The van der Waals surface area contributed by atoms with Gasteiger partial charge in [-0.3, -0.25) is 4.79 Å². The molecule has 0 heterocycles. The molecule has 0 saturated heterocycles. The molecule has 92 valence electrons. The normalized spacial score (nSPS) is 10.1. The number of carbonyl (C=O) groups is 1. The first-order chi connectivity index (χ1) is 8.85. The third-order valence-electron chi connectivity index (χ3n) is 2.73. The van der Waals surface area contributed by atoms with Gasteiger partial charge in [-0.1, -0.05) is 43.3 Å². The molecule has 18 heavy (non-hydrogen) atoms. The molecule has 1 aromatic rings. The van der Waals surface area contributed by atoms with E-state index in [2.05, 4.69) is 24.3 Å². The first kappa shape index (κ1) is 12.4. The molecule has 0 spiro atoms. The van der Waals surface area contributed by atoms with Crippen LogP contribution < -0.4 is 4.74 Å². The molecular weight excluding hydrogens is 224 g/mol. The van der Waals surface area contributed by atoms with Gasteiger partial charge in [0.2, 0.25) is 0 Å². The molecule has 0 fully saturated rings. The maximum atomic E-state index is 10.5. The number of hydrogen-bond donors (Lipinski definition) is 0. The molecule has 2 aliphatic rings. The standard InChI is InChI=1S/C10H12O2.C6H4/c1-2-7-12-10-6-4-3-5-9(10)8-11;1-2-6-4-3-5(1)6/h3-6,8H,2,7H2,1H3;1-4H. The first-order valence-corrected chi connectivity index (χ1v) is 6.12. The summed E-state index contributed by atoms with van der Waals surface area (Å²) in [4.78, 5) is 10.5. The van der Waals surface area contributed by atoms with Crippen LogP contribution in [0.2, 0.25) is 0 Å². The Morgan fingerprint density at radius 3 is 2.06 bits per heavy atom. The van der Waals surface area contributed by atoms with Crippen molar-refractivity contribution in [1.82, 2.24) is 0 Å². The number of benzene rings is 2. The maximum Gasteiger partial charge on any atom is 0.153 e. The van der Waals surface area contributed by atoms with Crippen molar-refractivity contribution in [2.45, 2.75) is 13.3 Å². The summed E-state index contributed by atoms with van der Waals surface area (Å²) in [6.45, 7) is 2.69. The van der Waals surface area contributed by atoms with Gasteiger partial charge in [-0.25, -0.2) is 0 Å². The largest absolute Gasteiger partial charge is 0.493 e. The number of fused-ring (bicyclic) bond motifs is 1. The second kappa shape index (κ2) is 6.01. The number of hydrogen-bond acceptors (Lipinski definition) is 2. The Morgan fingerprint density at radius 1 is 1.00 bits per heavy atom. The Bertz CT molecular complexity index is 494. The van der Waals surface area contributed by atoms with E-state index in [1.165, 1.54) is 11.1 Å². The van der Waals surface area contributed by atoms with Crippen molar-refractivity contribution in [2.75, 3.05) is 6.61 Å². The Labute approximate surface area is 107 Å². The van der Waals surface area contributed by atoms with Crippen LogP contribution in [-0.4, -0.2) is 12.9 Å². The lowest BCUT2D eigenvalue weighted by molar-refractivity contribution is 0.111. The van der Waals surface area contributed by atoms with Gasteiger partial charge in [-0.2, -0.15) is 0 Å². The van der Waals surface area contributed by atoms with Crippen molar-refractivity contribution < 1.29 is 9.53 Å². The minimum atomic E-state index is 0.617. The summed E-state index contributed by atoms with van der Waals surface area (Å²) < 4.78 is 5.35. The average molecular weight is 240 g/mol. The summed E-state index contributed by atoms with van der Waals surface area (Å²) in [7, 11) is 0. The van der Waals surface area contributed by atoms with Crippen LogP contribution in [0.25, 0.3) is 11.1 Å². The van der Waals surface area contributed by atoms with Crippen LogP contribution in [0.5, 0.6) is 5.75 Å². The quantitative estimate of drug-likeness (QED) is 0.645. The summed E-state index contributed by atoms with van der Waals surface area (Å²) in [5.74, 6) is 0.675. The fourth-order valence-corrected chi connectivity index (χ4v) is 1.58. The van der Waals surface area contributed by atoms with Gasteiger partial charge in [0.05, 0.1) is 12.2 Å². The van der Waals surface area contributed by atoms with Crippen LogP contribution in [0.1, 0.15) is 23.7 Å². The molecule has 0 aliphatic heterocycles. The van der Waals surface area contributed by atoms with Crippen LogP contribution >= 0.6 is 0 Å². The van der Waals surface area contributed by atoms with Gasteiger partial charge in [0, 0.05) is 0 Å². The topological polar surface area (TPSA) is 26.3 Å². The predicted octanol–water partition coefficient (Wildman–Crippen LogP) is 3.95.